The molecular weight excluding hydrogens is 335 g/mol. The predicted molar refractivity (Wildman–Crippen MR) is 97.0 cm³/mol. The van der Waals surface area contributed by atoms with Crippen molar-refractivity contribution in [1.82, 2.24) is 14.9 Å². The van der Waals surface area contributed by atoms with Gasteiger partial charge < -0.3 is 9.64 Å². The largest absolute Gasteiger partial charge is 0.378 e. The zero-order chi connectivity index (χ0) is 17.9. The van der Waals surface area contributed by atoms with E-state index in [2.05, 4.69) is 14.8 Å². The SMILES string of the molecule is O=c1[nH]c(N2CCOCC2)nc2c1CCN(Cc1ccc(F)cc1)CC2. The highest BCUT2D eigenvalue weighted by molar-refractivity contribution is 5.34. The van der Waals surface area contributed by atoms with Crippen LogP contribution in [-0.4, -0.2) is 54.3 Å². The Bertz CT molecular complexity index is 815. The molecule has 2 aromatic rings. The molecule has 6 nitrogen and oxygen atoms in total. The van der Waals surface area contributed by atoms with Crippen LogP contribution in [0.15, 0.2) is 29.1 Å². The maximum atomic E-state index is 13.1. The van der Waals surface area contributed by atoms with Gasteiger partial charge >= 0.3 is 0 Å². The molecule has 1 fully saturated rings. The van der Waals surface area contributed by atoms with Gasteiger partial charge in [-0.3, -0.25) is 14.7 Å². The maximum absolute atomic E-state index is 13.1. The van der Waals surface area contributed by atoms with Crippen molar-refractivity contribution in [3.8, 4) is 0 Å². The summed E-state index contributed by atoms with van der Waals surface area (Å²) < 4.78 is 18.4. The van der Waals surface area contributed by atoms with Crippen LogP contribution in [0.5, 0.6) is 0 Å². The summed E-state index contributed by atoms with van der Waals surface area (Å²) in [6.07, 6.45) is 1.43. The van der Waals surface area contributed by atoms with Gasteiger partial charge in [0.15, 0.2) is 0 Å². The van der Waals surface area contributed by atoms with Crippen LogP contribution >= 0.6 is 0 Å². The van der Waals surface area contributed by atoms with Crippen LogP contribution < -0.4 is 10.5 Å². The molecule has 1 aromatic carbocycles. The zero-order valence-corrected chi connectivity index (χ0v) is 14.7. The third kappa shape index (κ3) is 3.78. The summed E-state index contributed by atoms with van der Waals surface area (Å²) in [5, 5.41) is 0. The Hall–Kier alpha value is -2.25. The highest BCUT2D eigenvalue weighted by Gasteiger charge is 2.21. The van der Waals surface area contributed by atoms with Crippen LogP contribution in [0.4, 0.5) is 10.3 Å². The first kappa shape index (κ1) is 17.2. The van der Waals surface area contributed by atoms with Crippen molar-refractivity contribution < 1.29 is 9.13 Å². The summed E-state index contributed by atoms with van der Waals surface area (Å²) >= 11 is 0. The number of hydrogen-bond acceptors (Lipinski definition) is 5. The topological polar surface area (TPSA) is 61.5 Å². The summed E-state index contributed by atoms with van der Waals surface area (Å²) in [5.41, 5.74) is 2.74. The number of nitrogens with one attached hydrogen (secondary N) is 1. The molecule has 0 radical (unpaired) electrons. The number of fused-ring (bicyclic) bond motifs is 1. The van der Waals surface area contributed by atoms with E-state index >= 15 is 0 Å². The minimum atomic E-state index is -0.219. The number of halogens is 1. The van der Waals surface area contributed by atoms with Crippen LogP contribution in [0.25, 0.3) is 0 Å². The molecule has 0 atom stereocenters. The van der Waals surface area contributed by atoms with Gasteiger partial charge in [0.05, 0.1) is 18.9 Å². The van der Waals surface area contributed by atoms with Gasteiger partial charge in [-0.1, -0.05) is 12.1 Å². The van der Waals surface area contributed by atoms with Crippen molar-refractivity contribution in [2.75, 3.05) is 44.3 Å². The second kappa shape index (κ2) is 7.55. The molecule has 1 aromatic heterocycles. The number of H-pyrrole nitrogens is 1. The number of anilines is 1. The van der Waals surface area contributed by atoms with Crippen molar-refractivity contribution in [2.45, 2.75) is 19.4 Å². The normalized spacial score (nSPS) is 18.4. The average Bonchev–Trinajstić information content (AvgIpc) is 2.87. The zero-order valence-electron chi connectivity index (χ0n) is 14.7. The Morgan fingerprint density at radius 2 is 1.81 bits per heavy atom. The molecule has 26 heavy (non-hydrogen) atoms. The standard InChI is InChI=1S/C19H23FN4O2/c20-15-3-1-14(2-4-15)13-23-7-5-16-17(6-8-23)21-19(22-18(16)25)24-9-11-26-12-10-24/h1-4H,5-13H2,(H,21,22,25). The summed E-state index contributed by atoms with van der Waals surface area (Å²) in [7, 11) is 0. The first-order chi connectivity index (χ1) is 12.7. The lowest BCUT2D eigenvalue weighted by Crippen LogP contribution is -2.38. The van der Waals surface area contributed by atoms with Gasteiger partial charge in [-0.2, -0.15) is 0 Å². The van der Waals surface area contributed by atoms with Gasteiger partial charge in [0.25, 0.3) is 5.56 Å². The molecule has 138 valence electrons. The van der Waals surface area contributed by atoms with E-state index in [9.17, 15) is 9.18 Å². The van der Waals surface area contributed by atoms with Gasteiger partial charge in [-0.15, -0.1) is 0 Å². The smallest absolute Gasteiger partial charge is 0.255 e. The molecule has 0 unspecified atom stereocenters. The number of benzene rings is 1. The molecular formula is C19H23FN4O2. The van der Waals surface area contributed by atoms with E-state index in [1.54, 1.807) is 0 Å². The van der Waals surface area contributed by atoms with Crippen molar-refractivity contribution in [3.05, 3.63) is 57.3 Å². The lowest BCUT2D eigenvalue weighted by Gasteiger charge is -2.27. The van der Waals surface area contributed by atoms with Crippen molar-refractivity contribution in [2.24, 2.45) is 0 Å². The number of hydrogen-bond donors (Lipinski definition) is 1. The number of rotatable bonds is 3. The van der Waals surface area contributed by atoms with E-state index in [-0.39, 0.29) is 11.4 Å². The van der Waals surface area contributed by atoms with E-state index in [0.717, 1.165) is 56.0 Å². The first-order valence-corrected chi connectivity index (χ1v) is 9.10. The molecule has 1 N–H and O–H groups in total. The summed E-state index contributed by atoms with van der Waals surface area (Å²) in [4.78, 5) is 24.6. The fraction of sp³-hybridized carbons (Fsp3) is 0.474. The number of nitrogens with zero attached hydrogens (tertiary/aromatic N) is 3. The van der Waals surface area contributed by atoms with E-state index < -0.39 is 0 Å². The number of morpholine rings is 1. The van der Waals surface area contributed by atoms with Gasteiger partial charge in [-0.25, -0.2) is 9.37 Å². The van der Waals surface area contributed by atoms with Gasteiger partial charge in [0.1, 0.15) is 5.82 Å². The van der Waals surface area contributed by atoms with E-state index in [4.69, 9.17) is 9.72 Å². The first-order valence-electron chi connectivity index (χ1n) is 9.10. The molecule has 0 bridgehead atoms. The van der Waals surface area contributed by atoms with Crippen molar-refractivity contribution in [3.63, 3.8) is 0 Å². The fourth-order valence-corrected chi connectivity index (χ4v) is 3.57. The van der Waals surface area contributed by atoms with Crippen molar-refractivity contribution in [1.29, 1.82) is 0 Å². The Balaban J connectivity index is 1.49. The Morgan fingerprint density at radius 1 is 1.08 bits per heavy atom. The summed E-state index contributed by atoms with van der Waals surface area (Å²) in [5.74, 6) is 0.437. The van der Waals surface area contributed by atoms with Crippen molar-refractivity contribution >= 4 is 5.95 Å². The second-order valence-electron chi connectivity index (χ2n) is 6.82. The fourth-order valence-electron chi connectivity index (χ4n) is 3.57. The minimum Gasteiger partial charge on any atom is -0.378 e. The minimum absolute atomic E-state index is 0.0277. The van der Waals surface area contributed by atoms with Crippen LogP contribution in [-0.2, 0) is 24.1 Å². The highest BCUT2D eigenvalue weighted by atomic mass is 19.1. The van der Waals surface area contributed by atoms with Gasteiger partial charge in [0.2, 0.25) is 5.95 Å². The average molecular weight is 358 g/mol. The second-order valence-corrected chi connectivity index (χ2v) is 6.82. The molecule has 0 saturated carbocycles. The van der Waals surface area contributed by atoms with Crippen LogP contribution in [0, 0.1) is 5.82 Å². The Morgan fingerprint density at radius 3 is 2.58 bits per heavy atom. The van der Waals surface area contributed by atoms with E-state index in [1.807, 2.05) is 12.1 Å². The summed E-state index contributed by atoms with van der Waals surface area (Å²) in [6.45, 7) is 5.20. The maximum Gasteiger partial charge on any atom is 0.255 e. The monoisotopic (exact) mass is 358 g/mol. The molecule has 2 aliphatic heterocycles. The Labute approximate surface area is 151 Å². The third-order valence-electron chi connectivity index (χ3n) is 5.06. The molecule has 0 spiro atoms. The Kier molecular flexibility index (Phi) is 4.99. The molecule has 3 heterocycles. The number of ether oxygens (including phenoxy) is 1. The highest BCUT2D eigenvalue weighted by Crippen LogP contribution is 2.16. The number of aromatic nitrogens is 2. The quantitative estimate of drug-likeness (QED) is 0.897. The van der Waals surface area contributed by atoms with E-state index in [0.29, 0.717) is 25.6 Å². The molecule has 1 saturated heterocycles. The lowest BCUT2D eigenvalue weighted by molar-refractivity contribution is 0.122. The van der Waals surface area contributed by atoms with Gasteiger partial charge in [-0.05, 0) is 24.1 Å². The van der Waals surface area contributed by atoms with E-state index in [1.165, 1.54) is 12.1 Å². The summed E-state index contributed by atoms with van der Waals surface area (Å²) in [6, 6.07) is 6.61. The predicted octanol–water partition coefficient (Wildman–Crippen LogP) is 1.35. The molecule has 0 aliphatic carbocycles. The number of aromatic amines is 1. The van der Waals surface area contributed by atoms with Crippen LogP contribution in [0.2, 0.25) is 0 Å². The molecule has 4 rings (SSSR count). The lowest BCUT2D eigenvalue weighted by atomic mass is 10.1. The third-order valence-corrected chi connectivity index (χ3v) is 5.06. The van der Waals surface area contributed by atoms with Crippen LogP contribution in [0.3, 0.4) is 0 Å². The van der Waals surface area contributed by atoms with Crippen LogP contribution in [0.1, 0.15) is 16.8 Å². The molecule has 0 amide bonds. The molecule has 7 heteroatoms. The molecule has 2 aliphatic rings. The van der Waals surface area contributed by atoms with Gasteiger partial charge in [0, 0.05) is 44.7 Å².